The van der Waals surface area contributed by atoms with Crippen LogP contribution >= 0.6 is 11.3 Å². The normalized spacial score (nSPS) is 11.2. The number of benzene rings is 2. The van der Waals surface area contributed by atoms with Crippen molar-refractivity contribution in [1.82, 2.24) is 15.0 Å². The summed E-state index contributed by atoms with van der Waals surface area (Å²) in [5.41, 5.74) is 5.29. The highest BCUT2D eigenvalue weighted by molar-refractivity contribution is 7.14. The average Bonchev–Trinajstić information content (AvgIpc) is 3.30. The van der Waals surface area contributed by atoms with Gasteiger partial charge in [-0.25, -0.2) is 4.98 Å². The molecular formula is C22H16N4OS. The van der Waals surface area contributed by atoms with E-state index in [0.717, 1.165) is 33.2 Å². The number of aryl methyl sites for hydroxylation is 1. The summed E-state index contributed by atoms with van der Waals surface area (Å²) in [5.74, 6) is -0.208. The summed E-state index contributed by atoms with van der Waals surface area (Å²) in [6.07, 6.45) is 1.69. The molecule has 0 fully saturated rings. The van der Waals surface area contributed by atoms with E-state index in [4.69, 9.17) is 0 Å². The van der Waals surface area contributed by atoms with Crippen molar-refractivity contribution in [3.63, 3.8) is 0 Å². The number of H-pyrrole nitrogens is 1. The second-order valence-corrected chi connectivity index (χ2v) is 7.40. The van der Waals surface area contributed by atoms with Gasteiger partial charge in [-0.05, 0) is 25.1 Å². The third-order valence-electron chi connectivity index (χ3n) is 4.75. The van der Waals surface area contributed by atoms with Gasteiger partial charge in [-0.15, -0.1) is 11.3 Å². The zero-order chi connectivity index (χ0) is 19.1. The van der Waals surface area contributed by atoms with Crippen LogP contribution in [0.3, 0.4) is 0 Å². The summed E-state index contributed by atoms with van der Waals surface area (Å²) in [7, 11) is 0. The third-order valence-corrected chi connectivity index (χ3v) is 5.51. The average molecular weight is 384 g/mol. The number of nitrogens with zero attached hydrogens (tertiary/aromatic N) is 2. The lowest BCUT2D eigenvalue weighted by molar-refractivity contribution is 0.102. The zero-order valence-electron chi connectivity index (χ0n) is 15.1. The first-order chi connectivity index (χ1) is 13.7. The molecule has 0 spiro atoms. The van der Waals surface area contributed by atoms with Gasteiger partial charge in [-0.3, -0.25) is 15.1 Å². The second-order valence-electron chi connectivity index (χ2n) is 6.54. The Balaban J connectivity index is 1.48. The largest absolute Gasteiger partial charge is 0.358 e. The second kappa shape index (κ2) is 6.58. The molecule has 5 aromatic rings. The fraction of sp³-hybridized carbons (Fsp3) is 0.0455. The maximum atomic E-state index is 12.8. The van der Waals surface area contributed by atoms with E-state index in [1.54, 1.807) is 12.3 Å². The molecular weight excluding hydrogens is 368 g/mol. The van der Waals surface area contributed by atoms with E-state index in [1.807, 2.05) is 48.7 Å². The molecule has 0 atom stereocenters. The number of hydrogen-bond donors (Lipinski definition) is 2. The van der Waals surface area contributed by atoms with Gasteiger partial charge >= 0.3 is 0 Å². The van der Waals surface area contributed by atoms with Crippen LogP contribution in [0.25, 0.3) is 33.1 Å². The number of hydrogen-bond acceptors (Lipinski definition) is 4. The van der Waals surface area contributed by atoms with Crippen molar-refractivity contribution in [3.8, 4) is 11.3 Å². The Hall–Kier alpha value is -3.51. The monoisotopic (exact) mass is 384 g/mol. The van der Waals surface area contributed by atoms with Crippen molar-refractivity contribution >= 4 is 44.2 Å². The van der Waals surface area contributed by atoms with Gasteiger partial charge in [-0.1, -0.05) is 36.4 Å². The molecule has 1 amide bonds. The summed E-state index contributed by atoms with van der Waals surface area (Å²) in [5, 5.41) is 7.52. The molecule has 5 rings (SSSR count). The summed E-state index contributed by atoms with van der Waals surface area (Å²) < 4.78 is 0. The molecule has 0 saturated carbocycles. The molecule has 28 heavy (non-hydrogen) atoms. The van der Waals surface area contributed by atoms with Gasteiger partial charge in [0.1, 0.15) is 0 Å². The number of rotatable bonds is 3. The summed E-state index contributed by atoms with van der Waals surface area (Å²) in [6.45, 7) is 2.04. The van der Waals surface area contributed by atoms with Gasteiger partial charge in [0.05, 0.1) is 16.8 Å². The Morgan fingerprint density at radius 3 is 2.86 bits per heavy atom. The number of anilines is 1. The van der Waals surface area contributed by atoms with Crippen LogP contribution in [0.4, 0.5) is 5.13 Å². The van der Waals surface area contributed by atoms with Gasteiger partial charge in [0.25, 0.3) is 5.91 Å². The maximum absolute atomic E-state index is 12.8. The van der Waals surface area contributed by atoms with Crippen molar-refractivity contribution in [2.24, 2.45) is 0 Å². The first-order valence-corrected chi connectivity index (χ1v) is 9.77. The number of thiazole rings is 1. The molecule has 0 saturated heterocycles. The molecule has 0 unspecified atom stereocenters. The molecule has 2 aromatic carbocycles. The predicted molar refractivity (Wildman–Crippen MR) is 114 cm³/mol. The Morgan fingerprint density at radius 1 is 1.07 bits per heavy atom. The number of para-hydroxylation sites is 2. The molecule has 0 aliphatic heterocycles. The maximum Gasteiger partial charge on any atom is 0.259 e. The highest BCUT2D eigenvalue weighted by Crippen LogP contribution is 2.34. The van der Waals surface area contributed by atoms with E-state index in [0.29, 0.717) is 16.2 Å². The Labute approximate surface area is 165 Å². The van der Waals surface area contributed by atoms with Crippen molar-refractivity contribution < 1.29 is 4.79 Å². The highest BCUT2D eigenvalue weighted by Gasteiger charge is 2.16. The molecule has 0 aliphatic carbocycles. The SMILES string of the molecule is Cc1[nH]c2ccccc2c1-c1csc(NC(=O)c2cccc3cccnc23)n1. The minimum Gasteiger partial charge on any atom is -0.358 e. The molecule has 3 aromatic heterocycles. The Kier molecular flexibility index (Phi) is 3.91. The van der Waals surface area contributed by atoms with E-state index in [2.05, 4.69) is 32.4 Å². The van der Waals surface area contributed by atoms with E-state index in [-0.39, 0.29) is 5.91 Å². The number of amides is 1. The first kappa shape index (κ1) is 16.6. The lowest BCUT2D eigenvalue weighted by atomic mass is 10.1. The fourth-order valence-electron chi connectivity index (χ4n) is 3.50. The van der Waals surface area contributed by atoms with Gasteiger partial charge in [0.2, 0.25) is 0 Å². The summed E-state index contributed by atoms with van der Waals surface area (Å²) in [4.78, 5) is 25.2. The van der Waals surface area contributed by atoms with Crippen molar-refractivity contribution in [2.45, 2.75) is 6.92 Å². The number of carbonyl (C=O) groups is 1. The molecule has 0 aliphatic rings. The molecule has 3 heterocycles. The molecule has 2 N–H and O–H groups in total. The molecule has 5 nitrogen and oxygen atoms in total. The number of nitrogens with one attached hydrogen (secondary N) is 2. The van der Waals surface area contributed by atoms with E-state index in [1.165, 1.54) is 11.3 Å². The summed E-state index contributed by atoms with van der Waals surface area (Å²) >= 11 is 1.42. The van der Waals surface area contributed by atoms with Crippen LogP contribution in [0.2, 0.25) is 0 Å². The Bertz CT molecular complexity index is 1330. The minimum absolute atomic E-state index is 0.208. The van der Waals surface area contributed by atoms with Crippen LogP contribution in [0.1, 0.15) is 16.1 Å². The van der Waals surface area contributed by atoms with Crippen molar-refractivity contribution in [3.05, 3.63) is 77.4 Å². The van der Waals surface area contributed by atoms with Crippen LogP contribution in [-0.2, 0) is 0 Å². The minimum atomic E-state index is -0.208. The van der Waals surface area contributed by atoms with E-state index < -0.39 is 0 Å². The standard InChI is InChI=1S/C22H16N4OS/c1-13-19(15-8-2-3-10-17(15)24-13)18-12-28-22(25-18)26-21(27)16-9-4-6-14-7-5-11-23-20(14)16/h2-12,24H,1H3,(H,25,26,27). The van der Waals surface area contributed by atoms with Crippen molar-refractivity contribution in [1.29, 1.82) is 0 Å². The van der Waals surface area contributed by atoms with Crippen LogP contribution in [-0.4, -0.2) is 20.9 Å². The van der Waals surface area contributed by atoms with E-state index >= 15 is 0 Å². The van der Waals surface area contributed by atoms with Gasteiger partial charge < -0.3 is 4.98 Å². The van der Waals surface area contributed by atoms with E-state index in [9.17, 15) is 4.79 Å². The van der Waals surface area contributed by atoms with Gasteiger partial charge in [-0.2, -0.15) is 0 Å². The number of carbonyl (C=O) groups excluding carboxylic acids is 1. The first-order valence-electron chi connectivity index (χ1n) is 8.89. The summed E-state index contributed by atoms with van der Waals surface area (Å²) in [6, 6.07) is 17.5. The molecule has 136 valence electrons. The Morgan fingerprint density at radius 2 is 1.93 bits per heavy atom. The van der Waals surface area contributed by atoms with Crippen LogP contribution in [0.15, 0.2) is 66.2 Å². The molecule has 0 bridgehead atoms. The van der Waals surface area contributed by atoms with Crippen LogP contribution in [0, 0.1) is 6.92 Å². The smallest absolute Gasteiger partial charge is 0.259 e. The molecule has 6 heteroatoms. The van der Waals surface area contributed by atoms with Crippen LogP contribution < -0.4 is 5.32 Å². The third kappa shape index (κ3) is 2.75. The number of aromatic amines is 1. The number of fused-ring (bicyclic) bond motifs is 2. The lowest BCUT2D eigenvalue weighted by Crippen LogP contribution is -2.12. The fourth-order valence-corrected chi connectivity index (χ4v) is 4.20. The van der Waals surface area contributed by atoms with Gasteiger partial charge in [0, 0.05) is 39.1 Å². The zero-order valence-corrected chi connectivity index (χ0v) is 15.9. The van der Waals surface area contributed by atoms with Crippen molar-refractivity contribution in [2.75, 3.05) is 5.32 Å². The highest BCUT2D eigenvalue weighted by atomic mass is 32.1. The quantitative estimate of drug-likeness (QED) is 0.437. The van der Waals surface area contributed by atoms with Crippen LogP contribution in [0.5, 0.6) is 0 Å². The number of aromatic nitrogens is 3. The van der Waals surface area contributed by atoms with Gasteiger partial charge in [0.15, 0.2) is 5.13 Å². The predicted octanol–water partition coefficient (Wildman–Crippen LogP) is 5.40. The number of pyridine rings is 1. The lowest BCUT2D eigenvalue weighted by Gasteiger charge is -2.05. The molecule has 0 radical (unpaired) electrons. The topological polar surface area (TPSA) is 70.7 Å².